The minimum atomic E-state index is -4.91. The van der Waals surface area contributed by atoms with Gasteiger partial charge in [0.1, 0.15) is 0 Å². The quantitative estimate of drug-likeness (QED) is 0.728. The molecule has 1 amide bonds. The van der Waals surface area contributed by atoms with E-state index in [4.69, 9.17) is 5.11 Å². The van der Waals surface area contributed by atoms with Crippen LogP contribution in [0.15, 0.2) is 0 Å². The Morgan fingerprint density at radius 1 is 1.43 bits per heavy atom. The van der Waals surface area contributed by atoms with Crippen molar-refractivity contribution in [3.05, 3.63) is 0 Å². The molecular formula is C7H8F3NO3. The largest absolute Gasteiger partial charge is 0.481 e. The summed E-state index contributed by atoms with van der Waals surface area (Å²) in [6, 6.07) is -0.804. The molecule has 0 bridgehead atoms. The first kappa shape index (κ1) is 10.8. The van der Waals surface area contributed by atoms with Crippen LogP contribution in [0.5, 0.6) is 0 Å². The van der Waals surface area contributed by atoms with Crippen molar-refractivity contribution in [2.45, 2.75) is 25.1 Å². The first-order valence-electron chi connectivity index (χ1n) is 3.92. The van der Waals surface area contributed by atoms with Gasteiger partial charge in [-0.15, -0.1) is 0 Å². The van der Waals surface area contributed by atoms with Gasteiger partial charge in [-0.05, 0) is 6.42 Å². The summed E-state index contributed by atoms with van der Waals surface area (Å²) in [6.07, 6.45) is -5.02. The van der Waals surface area contributed by atoms with E-state index < -0.39 is 30.5 Å². The van der Waals surface area contributed by atoms with Gasteiger partial charge in [-0.3, -0.25) is 9.59 Å². The summed E-state index contributed by atoms with van der Waals surface area (Å²) in [5, 5.41) is 8.33. The van der Waals surface area contributed by atoms with Crippen LogP contribution in [0.2, 0.25) is 0 Å². The Kier molecular flexibility index (Phi) is 2.68. The van der Waals surface area contributed by atoms with Crippen LogP contribution in [0.4, 0.5) is 13.2 Å². The molecule has 7 heteroatoms. The number of carboxylic acid groups (broad SMARTS) is 1. The number of aliphatic carboxylic acids is 1. The van der Waals surface area contributed by atoms with Crippen LogP contribution in [0.1, 0.15) is 12.8 Å². The maximum absolute atomic E-state index is 11.9. The average molecular weight is 211 g/mol. The summed E-state index contributed by atoms with van der Waals surface area (Å²) < 4.78 is 35.7. The number of likely N-dealkylation sites (tertiary alicyclic amines) is 1. The van der Waals surface area contributed by atoms with Crippen LogP contribution in [-0.4, -0.2) is 40.6 Å². The molecule has 1 rings (SSSR count). The number of carbonyl (C=O) groups excluding carboxylic acids is 1. The van der Waals surface area contributed by atoms with Gasteiger partial charge in [-0.2, -0.15) is 13.2 Å². The Labute approximate surface area is 77.3 Å². The molecule has 0 aromatic carbocycles. The van der Waals surface area contributed by atoms with Gasteiger partial charge in [0, 0.05) is 12.6 Å². The van der Waals surface area contributed by atoms with Crippen LogP contribution < -0.4 is 0 Å². The van der Waals surface area contributed by atoms with E-state index in [-0.39, 0.29) is 6.54 Å². The molecule has 0 saturated carbocycles. The summed E-state index contributed by atoms with van der Waals surface area (Å²) in [4.78, 5) is 21.4. The van der Waals surface area contributed by atoms with Crippen LogP contribution in [0.3, 0.4) is 0 Å². The number of carboxylic acids is 1. The number of hydrogen-bond donors (Lipinski definition) is 1. The number of amides is 1. The number of nitrogens with zero attached hydrogens (tertiary/aromatic N) is 1. The van der Waals surface area contributed by atoms with Crippen molar-refractivity contribution in [2.75, 3.05) is 6.54 Å². The topological polar surface area (TPSA) is 57.6 Å². The third kappa shape index (κ3) is 2.15. The molecule has 0 spiro atoms. The highest BCUT2D eigenvalue weighted by molar-refractivity contribution is 5.83. The minimum Gasteiger partial charge on any atom is -0.481 e. The lowest BCUT2D eigenvalue weighted by molar-refractivity contribution is -0.193. The van der Waals surface area contributed by atoms with E-state index in [0.717, 1.165) is 0 Å². The SMILES string of the molecule is O=C(O)CC1CCN1C(=O)C(F)(F)F. The van der Waals surface area contributed by atoms with Crippen LogP contribution >= 0.6 is 0 Å². The molecule has 1 saturated heterocycles. The molecule has 0 aromatic heterocycles. The van der Waals surface area contributed by atoms with E-state index in [2.05, 4.69) is 0 Å². The maximum Gasteiger partial charge on any atom is 0.471 e. The highest BCUT2D eigenvalue weighted by atomic mass is 19.4. The molecule has 1 fully saturated rings. The molecule has 0 aliphatic carbocycles. The Bertz CT molecular complexity index is 263. The Morgan fingerprint density at radius 3 is 2.29 bits per heavy atom. The number of carbonyl (C=O) groups is 2. The normalized spacial score (nSPS) is 21.6. The van der Waals surface area contributed by atoms with Crippen molar-refractivity contribution < 1.29 is 27.9 Å². The molecule has 0 radical (unpaired) electrons. The Hall–Kier alpha value is -1.27. The first-order chi connectivity index (χ1) is 6.32. The summed E-state index contributed by atoms with van der Waals surface area (Å²) in [5.74, 6) is -3.15. The van der Waals surface area contributed by atoms with Gasteiger partial charge >= 0.3 is 18.1 Å². The third-order valence-electron chi connectivity index (χ3n) is 2.06. The zero-order valence-electron chi connectivity index (χ0n) is 7.04. The molecule has 1 heterocycles. The highest BCUT2D eigenvalue weighted by Gasteiger charge is 2.47. The van der Waals surface area contributed by atoms with Crippen molar-refractivity contribution >= 4 is 11.9 Å². The predicted octanol–water partition coefficient (Wildman–Crippen LogP) is 0.624. The zero-order valence-corrected chi connectivity index (χ0v) is 7.04. The Balaban J connectivity index is 2.55. The van der Waals surface area contributed by atoms with Gasteiger partial charge in [-0.25, -0.2) is 0 Å². The third-order valence-corrected chi connectivity index (χ3v) is 2.06. The van der Waals surface area contributed by atoms with E-state index in [1.807, 2.05) is 0 Å². The van der Waals surface area contributed by atoms with Crippen molar-refractivity contribution in [3.63, 3.8) is 0 Å². The van der Waals surface area contributed by atoms with E-state index in [1.165, 1.54) is 0 Å². The molecule has 1 unspecified atom stereocenters. The number of alkyl halides is 3. The molecule has 80 valence electrons. The van der Waals surface area contributed by atoms with Crippen LogP contribution in [0, 0.1) is 0 Å². The highest BCUT2D eigenvalue weighted by Crippen LogP contribution is 2.27. The van der Waals surface area contributed by atoms with E-state index >= 15 is 0 Å². The van der Waals surface area contributed by atoms with Gasteiger partial charge in [0.2, 0.25) is 0 Å². The van der Waals surface area contributed by atoms with Crippen molar-refractivity contribution in [1.82, 2.24) is 4.90 Å². The first-order valence-corrected chi connectivity index (χ1v) is 3.92. The fourth-order valence-electron chi connectivity index (χ4n) is 1.28. The molecule has 4 nitrogen and oxygen atoms in total. The van der Waals surface area contributed by atoms with E-state index in [0.29, 0.717) is 11.3 Å². The van der Waals surface area contributed by atoms with Gasteiger partial charge in [0.25, 0.3) is 0 Å². The number of hydrogen-bond acceptors (Lipinski definition) is 2. The summed E-state index contributed by atoms with van der Waals surface area (Å²) in [7, 11) is 0. The van der Waals surface area contributed by atoms with Gasteiger partial charge < -0.3 is 10.0 Å². The fourth-order valence-corrected chi connectivity index (χ4v) is 1.28. The standard InChI is InChI=1S/C7H8F3NO3/c8-7(9,10)6(14)11-2-1-4(11)3-5(12)13/h4H,1-3H2,(H,12,13). The van der Waals surface area contributed by atoms with Crippen LogP contribution in [0.25, 0.3) is 0 Å². The lowest BCUT2D eigenvalue weighted by atomic mass is 9.99. The van der Waals surface area contributed by atoms with E-state index in [9.17, 15) is 22.8 Å². The van der Waals surface area contributed by atoms with Crippen LogP contribution in [-0.2, 0) is 9.59 Å². The second-order valence-electron chi connectivity index (χ2n) is 3.04. The molecule has 1 aliphatic rings. The maximum atomic E-state index is 11.9. The Morgan fingerprint density at radius 2 is 2.00 bits per heavy atom. The molecule has 14 heavy (non-hydrogen) atoms. The molecule has 1 atom stereocenters. The monoisotopic (exact) mass is 211 g/mol. The second kappa shape index (κ2) is 3.47. The summed E-state index contributed by atoms with van der Waals surface area (Å²) in [5.41, 5.74) is 0. The number of rotatable bonds is 2. The smallest absolute Gasteiger partial charge is 0.471 e. The average Bonchev–Trinajstić information content (AvgIpc) is 1.96. The van der Waals surface area contributed by atoms with Crippen molar-refractivity contribution in [1.29, 1.82) is 0 Å². The lowest BCUT2D eigenvalue weighted by Crippen LogP contribution is -2.56. The van der Waals surface area contributed by atoms with Crippen molar-refractivity contribution in [2.24, 2.45) is 0 Å². The lowest BCUT2D eigenvalue weighted by Gasteiger charge is -2.40. The minimum absolute atomic E-state index is 0.0176. The fraction of sp³-hybridized carbons (Fsp3) is 0.714. The molecule has 1 N–H and O–H groups in total. The second-order valence-corrected chi connectivity index (χ2v) is 3.04. The molecule has 1 aliphatic heterocycles. The molecular weight excluding hydrogens is 203 g/mol. The zero-order chi connectivity index (χ0) is 10.9. The summed E-state index contributed by atoms with van der Waals surface area (Å²) >= 11 is 0. The summed E-state index contributed by atoms with van der Waals surface area (Å²) in [6.45, 7) is -0.0176. The molecule has 0 aromatic rings. The predicted molar refractivity (Wildman–Crippen MR) is 38.4 cm³/mol. The van der Waals surface area contributed by atoms with Gasteiger partial charge in [0.15, 0.2) is 0 Å². The van der Waals surface area contributed by atoms with Crippen molar-refractivity contribution in [3.8, 4) is 0 Å². The number of halogens is 3. The van der Waals surface area contributed by atoms with Gasteiger partial charge in [0.05, 0.1) is 6.42 Å². The van der Waals surface area contributed by atoms with Gasteiger partial charge in [-0.1, -0.05) is 0 Å². The van der Waals surface area contributed by atoms with E-state index in [1.54, 1.807) is 0 Å².